The molecule has 0 atom stereocenters. The highest BCUT2D eigenvalue weighted by Gasteiger charge is 2.29. The summed E-state index contributed by atoms with van der Waals surface area (Å²) in [7, 11) is 0. The summed E-state index contributed by atoms with van der Waals surface area (Å²) in [5.41, 5.74) is 3.19. The van der Waals surface area contributed by atoms with Crippen molar-refractivity contribution >= 4 is 11.6 Å². The molecule has 1 aromatic rings. The van der Waals surface area contributed by atoms with Gasteiger partial charge in [-0.05, 0) is 54.9 Å². The monoisotopic (exact) mass is 252 g/mol. The van der Waals surface area contributed by atoms with Gasteiger partial charge in [0.2, 0.25) is 0 Å². The molecular weight excluding hydrogens is 228 g/mol. The third-order valence-corrected chi connectivity index (χ3v) is 4.14. The molecule has 0 unspecified atom stereocenters. The van der Waals surface area contributed by atoms with Crippen LogP contribution in [0, 0.1) is 6.92 Å². The molecule has 0 aliphatic rings. The first-order valence-electron chi connectivity index (χ1n) is 6.86. The van der Waals surface area contributed by atoms with Gasteiger partial charge in [-0.3, -0.25) is 0 Å². The lowest BCUT2D eigenvalue weighted by Gasteiger charge is -2.35. The van der Waals surface area contributed by atoms with E-state index < -0.39 is 0 Å². The summed E-state index contributed by atoms with van der Waals surface area (Å²) in [4.78, 5) is 0. The third kappa shape index (κ3) is 3.25. The van der Waals surface area contributed by atoms with Gasteiger partial charge in [-0.25, -0.2) is 0 Å². The van der Waals surface area contributed by atoms with Crippen molar-refractivity contribution in [2.24, 2.45) is 0 Å². The summed E-state index contributed by atoms with van der Waals surface area (Å²) in [5.74, 6) is 0. The van der Waals surface area contributed by atoms with Gasteiger partial charge in [0.05, 0.1) is 0 Å². The maximum atomic E-state index is 6.18. The number of benzene rings is 1. The third-order valence-electron chi connectivity index (χ3n) is 3.90. The topological polar surface area (TPSA) is 0 Å². The summed E-state index contributed by atoms with van der Waals surface area (Å²) in [6, 6.07) is 6.35. The van der Waals surface area contributed by atoms with E-state index in [-0.39, 0.29) is 0 Å². The van der Waals surface area contributed by atoms with E-state index in [1.807, 2.05) is 6.07 Å². The van der Waals surface area contributed by atoms with Crippen molar-refractivity contribution in [1.82, 2.24) is 0 Å². The molecule has 0 bridgehead atoms. The van der Waals surface area contributed by atoms with Gasteiger partial charge in [0.1, 0.15) is 0 Å². The molecule has 0 nitrogen and oxygen atoms in total. The summed E-state index contributed by atoms with van der Waals surface area (Å²) >= 11 is 6.18. The fraction of sp³-hybridized carbons (Fsp3) is 0.625. The first kappa shape index (κ1) is 14.6. The highest BCUT2D eigenvalue weighted by Crippen LogP contribution is 2.40. The zero-order valence-electron chi connectivity index (χ0n) is 11.6. The molecule has 0 fully saturated rings. The molecule has 0 heterocycles. The van der Waals surface area contributed by atoms with Crippen LogP contribution in [0.4, 0.5) is 0 Å². The Morgan fingerprint density at radius 1 is 1.06 bits per heavy atom. The molecule has 0 saturated carbocycles. The van der Waals surface area contributed by atoms with E-state index >= 15 is 0 Å². The molecular formula is C16H25Cl. The highest BCUT2D eigenvalue weighted by molar-refractivity contribution is 6.30. The van der Waals surface area contributed by atoms with E-state index in [0.29, 0.717) is 5.41 Å². The van der Waals surface area contributed by atoms with Crippen molar-refractivity contribution < 1.29 is 0 Å². The molecule has 1 rings (SSSR count). The Morgan fingerprint density at radius 3 is 2.12 bits per heavy atom. The van der Waals surface area contributed by atoms with Crippen LogP contribution in [0.25, 0.3) is 0 Å². The first-order chi connectivity index (χ1) is 8.09. The second-order valence-electron chi connectivity index (χ2n) is 5.09. The lowest BCUT2D eigenvalue weighted by molar-refractivity contribution is 0.342. The van der Waals surface area contributed by atoms with Gasteiger partial charge in [-0.1, -0.05) is 51.3 Å². The van der Waals surface area contributed by atoms with E-state index in [1.54, 1.807) is 0 Å². The zero-order valence-corrected chi connectivity index (χ0v) is 12.4. The fourth-order valence-corrected chi connectivity index (χ4v) is 3.23. The standard InChI is InChI=1S/C16H25Cl/c1-5-10-16(7-3,11-6-2)15-12-14(17)9-8-13(15)4/h8-9,12H,5-7,10-11H2,1-4H3. The number of hydrogen-bond donors (Lipinski definition) is 0. The smallest absolute Gasteiger partial charge is 0.0409 e. The maximum Gasteiger partial charge on any atom is 0.0409 e. The van der Waals surface area contributed by atoms with Gasteiger partial charge in [0.25, 0.3) is 0 Å². The van der Waals surface area contributed by atoms with Crippen LogP contribution in [0.3, 0.4) is 0 Å². The van der Waals surface area contributed by atoms with E-state index in [9.17, 15) is 0 Å². The van der Waals surface area contributed by atoms with E-state index in [0.717, 1.165) is 5.02 Å². The largest absolute Gasteiger partial charge is 0.0843 e. The lowest BCUT2D eigenvalue weighted by Crippen LogP contribution is -2.26. The Balaban J connectivity index is 3.23. The van der Waals surface area contributed by atoms with Crippen LogP contribution in [0.1, 0.15) is 64.0 Å². The predicted molar refractivity (Wildman–Crippen MR) is 78.0 cm³/mol. The minimum atomic E-state index is 0.332. The van der Waals surface area contributed by atoms with Crippen molar-refractivity contribution in [3.63, 3.8) is 0 Å². The second kappa shape index (κ2) is 6.44. The van der Waals surface area contributed by atoms with Gasteiger partial charge in [-0.15, -0.1) is 0 Å². The second-order valence-corrected chi connectivity index (χ2v) is 5.53. The minimum Gasteiger partial charge on any atom is -0.0843 e. The Bertz CT molecular complexity index is 349. The summed E-state index contributed by atoms with van der Waals surface area (Å²) < 4.78 is 0. The fourth-order valence-electron chi connectivity index (χ4n) is 3.06. The Hall–Kier alpha value is -0.490. The van der Waals surface area contributed by atoms with Crippen molar-refractivity contribution in [3.05, 3.63) is 34.3 Å². The Labute approximate surface area is 111 Å². The quantitative estimate of drug-likeness (QED) is 0.592. The molecule has 17 heavy (non-hydrogen) atoms. The molecule has 0 aliphatic heterocycles. The Kier molecular flexibility index (Phi) is 5.52. The average molecular weight is 253 g/mol. The summed E-state index contributed by atoms with van der Waals surface area (Å²) in [5, 5.41) is 0.871. The zero-order chi connectivity index (χ0) is 12.9. The van der Waals surface area contributed by atoms with E-state index in [4.69, 9.17) is 11.6 Å². The molecule has 0 saturated heterocycles. The van der Waals surface area contributed by atoms with E-state index in [1.165, 1.54) is 43.2 Å². The number of hydrogen-bond acceptors (Lipinski definition) is 0. The summed E-state index contributed by atoms with van der Waals surface area (Å²) in [6.07, 6.45) is 6.20. The number of halogens is 1. The predicted octanol–water partition coefficient (Wildman–Crippen LogP) is 5.90. The van der Waals surface area contributed by atoms with Crippen LogP contribution in [-0.4, -0.2) is 0 Å². The molecule has 96 valence electrons. The normalized spacial score (nSPS) is 11.8. The van der Waals surface area contributed by atoms with Gasteiger partial charge in [0, 0.05) is 5.02 Å². The van der Waals surface area contributed by atoms with Crippen molar-refractivity contribution in [2.45, 2.75) is 65.2 Å². The molecule has 0 amide bonds. The lowest BCUT2D eigenvalue weighted by atomic mass is 9.70. The number of rotatable bonds is 6. The Morgan fingerprint density at radius 2 is 1.65 bits per heavy atom. The SMILES string of the molecule is CCCC(CC)(CCC)c1cc(Cl)ccc1C. The molecule has 1 aromatic carbocycles. The van der Waals surface area contributed by atoms with Crippen LogP contribution in [-0.2, 0) is 5.41 Å². The molecule has 0 radical (unpaired) electrons. The average Bonchev–Trinajstić information content (AvgIpc) is 2.32. The van der Waals surface area contributed by atoms with Crippen molar-refractivity contribution in [1.29, 1.82) is 0 Å². The van der Waals surface area contributed by atoms with Crippen LogP contribution in [0.5, 0.6) is 0 Å². The maximum absolute atomic E-state index is 6.18. The first-order valence-corrected chi connectivity index (χ1v) is 7.24. The van der Waals surface area contributed by atoms with Gasteiger partial charge in [0.15, 0.2) is 0 Å². The van der Waals surface area contributed by atoms with Gasteiger partial charge >= 0.3 is 0 Å². The number of aryl methyl sites for hydroxylation is 1. The minimum absolute atomic E-state index is 0.332. The van der Waals surface area contributed by atoms with Crippen molar-refractivity contribution in [3.8, 4) is 0 Å². The van der Waals surface area contributed by atoms with Crippen molar-refractivity contribution in [2.75, 3.05) is 0 Å². The van der Waals surface area contributed by atoms with Crippen LogP contribution < -0.4 is 0 Å². The molecule has 0 spiro atoms. The highest BCUT2D eigenvalue weighted by atomic mass is 35.5. The molecule has 0 aromatic heterocycles. The molecule has 1 heteroatoms. The van der Waals surface area contributed by atoms with Crippen LogP contribution in [0.15, 0.2) is 18.2 Å². The van der Waals surface area contributed by atoms with Crippen LogP contribution >= 0.6 is 11.6 Å². The van der Waals surface area contributed by atoms with Crippen LogP contribution in [0.2, 0.25) is 5.02 Å². The summed E-state index contributed by atoms with van der Waals surface area (Å²) in [6.45, 7) is 9.08. The molecule has 0 N–H and O–H groups in total. The van der Waals surface area contributed by atoms with E-state index in [2.05, 4.69) is 39.8 Å². The van der Waals surface area contributed by atoms with Gasteiger partial charge in [-0.2, -0.15) is 0 Å². The van der Waals surface area contributed by atoms with Gasteiger partial charge < -0.3 is 0 Å². The molecule has 0 aliphatic carbocycles.